The Hall–Kier alpha value is -1.12. The van der Waals surface area contributed by atoms with Crippen molar-refractivity contribution in [1.82, 2.24) is 0 Å². The second-order valence-corrected chi connectivity index (χ2v) is 8.13. The Labute approximate surface area is 167 Å². The van der Waals surface area contributed by atoms with Crippen molar-refractivity contribution in [2.24, 2.45) is 5.92 Å². The Morgan fingerprint density at radius 1 is 0.741 bits per heavy atom. The van der Waals surface area contributed by atoms with Gasteiger partial charge in [-0.3, -0.25) is 9.59 Å². The molecule has 0 N–H and O–H groups in total. The lowest BCUT2D eigenvalue weighted by Gasteiger charge is -2.03. The van der Waals surface area contributed by atoms with Crippen molar-refractivity contribution in [3.05, 3.63) is 12.2 Å². The van der Waals surface area contributed by atoms with Gasteiger partial charge in [-0.25, -0.2) is 0 Å². The molecular formula is C24H42O3. The number of esters is 2. The number of rotatable bonds is 18. The van der Waals surface area contributed by atoms with Crippen LogP contribution in [0.3, 0.4) is 0 Å². The van der Waals surface area contributed by atoms with Gasteiger partial charge >= 0.3 is 11.9 Å². The van der Waals surface area contributed by atoms with Crippen LogP contribution in [0.5, 0.6) is 0 Å². The first-order valence-electron chi connectivity index (χ1n) is 11.6. The van der Waals surface area contributed by atoms with Crippen LogP contribution in [0, 0.1) is 5.92 Å². The molecule has 0 radical (unpaired) electrons. The van der Waals surface area contributed by atoms with Gasteiger partial charge < -0.3 is 4.74 Å². The number of cyclic esters (lactones) is 2. The molecule has 0 amide bonds. The molecule has 0 saturated carbocycles. The maximum absolute atomic E-state index is 11.3. The van der Waals surface area contributed by atoms with Gasteiger partial charge in [0.25, 0.3) is 0 Å². The molecule has 0 aromatic carbocycles. The molecule has 1 heterocycles. The van der Waals surface area contributed by atoms with E-state index in [2.05, 4.69) is 23.8 Å². The summed E-state index contributed by atoms with van der Waals surface area (Å²) in [5.41, 5.74) is 0. The van der Waals surface area contributed by atoms with Crippen LogP contribution in [-0.2, 0) is 14.3 Å². The van der Waals surface area contributed by atoms with Crippen molar-refractivity contribution >= 4 is 11.9 Å². The van der Waals surface area contributed by atoms with Gasteiger partial charge in [-0.15, -0.1) is 0 Å². The highest BCUT2D eigenvalue weighted by Crippen LogP contribution is 2.22. The number of carbonyl (C=O) groups excluding carboxylic acids is 2. The highest BCUT2D eigenvalue weighted by Gasteiger charge is 2.32. The van der Waals surface area contributed by atoms with Gasteiger partial charge in [-0.05, 0) is 32.1 Å². The Balaban J connectivity index is 1.75. The number of ether oxygens (including phenoxy) is 1. The van der Waals surface area contributed by atoms with Crippen molar-refractivity contribution < 1.29 is 14.3 Å². The van der Waals surface area contributed by atoms with Gasteiger partial charge in [-0.2, -0.15) is 0 Å². The third-order valence-electron chi connectivity index (χ3n) is 5.53. The van der Waals surface area contributed by atoms with E-state index < -0.39 is 0 Å². The minimum atomic E-state index is -0.354. The summed E-state index contributed by atoms with van der Waals surface area (Å²) in [7, 11) is 0. The fraction of sp³-hybridized carbons (Fsp3) is 0.833. The first-order chi connectivity index (χ1) is 13.2. The lowest BCUT2D eigenvalue weighted by Crippen LogP contribution is -2.06. The number of carbonyl (C=O) groups is 2. The van der Waals surface area contributed by atoms with Gasteiger partial charge in [-0.1, -0.05) is 96.1 Å². The highest BCUT2D eigenvalue weighted by molar-refractivity contribution is 5.94. The van der Waals surface area contributed by atoms with E-state index in [1.54, 1.807) is 0 Å². The summed E-state index contributed by atoms with van der Waals surface area (Å²) in [5.74, 6) is -0.850. The smallest absolute Gasteiger partial charge is 0.317 e. The number of hydrogen-bond donors (Lipinski definition) is 0. The van der Waals surface area contributed by atoms with Crippen molar-refractivity contribution in [3.8, 4) is 0 Å². The second kappa shape index (κ2) is 17.0. The molecule has 0 aliphatic carbocycles. The van der Waals surface area contributed by atoms with Gasteiger partial charge in [0.1, 0.15) is 0 Å². The van der Waals surface area contributed by atoms with E-state index in [9.17, 15) is 9.59 Å². The fourth-order valence-electron chi connectivity index (χ4n) is 3.73. The SMILES string of the molecule is CCCCCCCCCCCCCC/C=C/CCCCC1CC(=O)OC1=O. The normalized spacial score (nSPS) is 17.1. The summed E-state index contributed by atoms with van der Waals surface area (Å²) in [6.45, 7) is 2.28. The van der Waals surface area contributed by atoms with E-state index >= 15 is 0 Å². The van der Waals surface area contributed by atoms with Gasteiger partial charge in [0.2, 0.25) is 0 Å². The zero-order valence-electron chi connectivity index (χ0n) is 17.7. The number of allylic oxidation sites excluding steroid dienone is 2. The molecule has 0 bridgehead atoms. The second-order valence-electron chi connectivity index (χ2n) is 8.13. The minimum Gasteiger partial charge on any atom is -0.393 e. The van der Waals surface area contributed by atoms with E-state index in [1.165, 1.54) is 83.5 Å². The standard InChI is InChI=1S/C24H42O3/c1-2-3-4-5-6-7-8-9-10-11-12-13-14-15-16-17-18-19-20-22-21-23(25)27-24(22)26/h15-16,22H,2-14,17-21H2,1H3/b16-15+. The minimum absolute atomic E-state index is 0.178. The number of hydrogen-bond acceptors (Lipinski definition) is 3. The average Bonchev–Trinajstić information content (AvgIpc) is 2.98. The first-order valence-corrected chi connectivity index (χ1v) is 11.6. The lowest BCUT2D eigenvalue weighted by atomic mass is 10.00. The van der Waals surface area contributed by atoms with E-state index in [0.717, 1.165) is 25.7 Å². The van der Waals surface area contributed by atoms with Crippen molar-refractivity contribution in [1.29, 1.82) is 0 Å². The third kappa shape index (κ3) is 13.7. The maximum Gasteiger partial charge on any atom is 0.317 e. The maximum atomic E-state index is 11.3. The highest BCUT2D eigenvalue weighted by atomic mass is 16.6. The Kier molecular flexibility index (Phi) is 15.1. The zero-order chi connectivity index (χ0) is 19.6. The Bertz CT molecular complexity index is 414. The molecule has 3 heteroatoms. The van der Waals surface area contributed by atoms with Crippen LogP contribution >= 0.6 is 0 Å². The summed E-state index contributed by atoms with van der Waals surface area (Å²) < 4.78 is 4.57. The van der Waals surface area contributed by atoms with Crippen LogP contribution in [0.1, 0.15) is 122 Å². The largest absolute Gasteiger partial charge is 0.393 e. The van der Waals surface area contributed by atoms with Crippen LogP contribution in [0.2, 0.25) is 0 Å². The summed E-state index contributed by atoms with van der Waals surface area (Å²) in [4.78, 5) is 22.3. The molecule has 156 valence electrons. The molecule has 0 spiro atoms. The lowest BCUT2D eigenvalue weighted by molar-refractivity contribution is -0.153. The van der Waals surface area contributed by atoms with Gasteiger partial charge in [0.15, 0.2) is 0 Å². The summed E-state index contributed by atoms with van der Waals surface area (Å²) in [5, 5.41) is 0. The third-order valence-corrected chi connectivity index (χ3v) is 5.53. The van der Waals surface area contributed by atoms with E-state index in [-0.39, 0.29) is 24.3 Å². The quantitative estimate of drug-likeness (QED) is 0.109. The van der Waals surface area contributed by atoms with Crippen LogP contribution in [-0.4, -0.2) is 11.9 Å². The van der Waals surface area contributed by atoms with Crippen LogP contribution < -0.4 is 0 Å². The predicted molar refractivity (Wildman–Crippen MR) is 113 cm³/mol. The Morgan fingerprint density at radius 2 is 1.22 bits per heavy atom. The van der Waals surface area contributed by atoms with E-state index in [4.69, 9.17) is 0 Å². The van der Waals surface area contributed by atoms with Gasteiger partial charge in [0.05, 0.1) is 12.3 Å². The molecule has 1 unspecified atom stereocenters. The summed E-state index contributed by atoms with van der Waals surface area (Å²) in [6.07, 6.45) is 26.8. The molecular weight excluding hydrogens is 336 g/mol. The van der Waals surface area contributed by atoms with Crippen LogP contribution in [0.25, 0.3) is 0 Å². The topological polar surface area (TPSA) is 43.4 Å². The molecule has 1 fully saturated rings. The molecule has 0 aromatic rings. The zero-order valence-corrected chi connectivity index (χ0v) is 17.7. The molecule has 1 aliphatic rings. The molecule has 1 saturated heterocycles. The monoisotopic (exact) mass is 378 g/mol. The molecule has 27 heavy (non-hydrogen) atoms. The first kappa shape index (κ1) is 23.9. The van der Waals surface area contributed by atoms with Crippen molar-refractivity contribution in [2.45, 2.75) is 122 Å². The van der Waals surface area contributed by atoms with E-state index in [1.807, 2.05) is 0 Å². The Morgan fingerprint density at radius 3 is 1.70 bits per heavy atom. The molecule has 1 aliphatic heterocycles. The van der Waals surface area contributed by atoms with E-state index in [0.29, 0.717) is 0 Å². The molecule has 3 nitrogen and oxygen atoms in total. The molecule has 1 rings (SSSR count). The summed E-state index contributed by atoms with van der Waals surface area (Å²) >= 11 is 0. The molecule has 0 aromatic heterocycles. The predicted octanol–water partition coefficient (Wildman–Crippen LogP) is 7.28. The van der Waals surface area contributed by atoms with Crippen LogP contribution in [0.4, 0.5) is 0 Å². The fourth-order valence-corrected chi connectivity index (χ4v) is 3.73. The van der Waals surface area contributed by atoms with Crippen LogP contribution in [0.15, 0.2) is 12.2 Å². The number of unbranched alkanes of at least 4 members (excludes halogenated alkanes) is 14. The van der Waals surface area contributed by atoms with Crippen molar-refractivity contribution in [2.75, 3.05) is 0 Å². The van der Waals surface area contributed by atoms with Crippen molar-refractivity contribution in [3.63, 3.8) is 0 Å². The summed E-state index contributed by atoms with van der Waals surface area (Å²) in [6, 6.07) is 0. The van der Waals surface area contributed by atoms with Gasteiger partial charge in [0, 0.05) is 0 Å². The molecule has 1 atom stereocenters. The average molecular weight is 379 g/mol.